The number of benzene rings is 1. The highest BCUT2D eigenvalue weighted by Gasteiger charge is 2.47. The molecule has 1 aromatic rings. The molecule has 2 N–H and O–H groups in total. The van der Waals surface area contributed by atoms with Crippen LogP contribution in [0.5, 0.6) is 0 Å². The van der Waals surface area contributed by atoms with Gasteiger partial charge in [0, 0.05) is 17.6 Å². The maximum absolute atomic E-state index is 10.9. The van der Waals surface area contributed by atoms with E-state index >= 15 is 0 Å². The first-order valence-electron chi connectivity index (χ1n) is 5.39. The van der Waals surface area contributed by atoms with Gasteiger partial charge in [-0.15, -0.1) is 0 Å². The maximum atomic E-state index is 10.9. The molecule has 2 atom stereocenters. The molecule has 4 nitrogen and oxygen atoms in total. The summed E-state index contributed by atoms with van der Waals surface area (Å²) in [6, 6.07) is 8.05. The van der Waals surface area contributed by atoms with Crippen LogP contribution in [0.2, 0.25) is 0 Å². The summed E-state index contributed by atoms with van der Waals surface area (Å²) in [5, 5.41) is 12.3. The minimum atomic E-state index is -0.860. The molecule has 84 valence electrons. The quantitative estimate of drug-likeness (QED) is 0.745. The fourth-order valence-electron chi connectivity index (χ4n) is 2.66. The SMILES string of the molecule is O=C(O)C1CC2(CNc3ccccc32)CO1. The molecule has 0 aromatic heterocycles. The normalized spacial score (nSPS) is 31.4. The fourth-order valence-corrected chi connectivity index (χ4v) is 2.66. The second-order valence-electron chi connectivity index (χ2n) is 4.52. The Kier molecular flexibility index (Phi) is 1.94. The summed E-state index contributed by atoms with van der Waals surface area (Å²) in [4.78, 5) is 10.9. The van der Waals surface area contributed by atoms with E-state index in [1.54, 1.807) is 0 Å². The molecule has 1 fully saturated rings. The second kappa shape index (κ2) is 3.22. The number of nitrogens with one attached hydrogen (secondary N) is 1. The third-order valence-corrected chi connectivity index (χ3v) is 3.53. The number of fused-ring (bicyclic) bond motifs is 2. The Morgan fingerprint density at radius 1 is 1.50 bits per heavy atom. The van der Waals surface area contributed by atoms with E-state index in [-0.39, 0.29) is 5.41 Å². The summed E-state index contributed by atoms with van der Waals surface area (Å²) in [6.07, 6.45) is -0.0974. The number of carbonyl (C=O) groups is 1. The van der Waals surface area contributed by atoms with E-state index < -0.39 is 12.1 Å². The molecule has 4 heteroatoms. The molecule has 0 saturated carbocycles. The number of rotatable bonds is 1. The van der Waals surface area contributed by atoms with E-state index in [2.05, 4.69) is 11.4 Å². The van der Waals surface area contributed by atoms with E-state index in [9.17, 15) is 4.79 Å². The van der Waals surface area contributed by atoms with Gasteiger partial charge in [-0.3, -0.25) is 0 Å². The van der Waals surface area contributed by atoms with Crippen LogP contribution in [0.1, 0.15) is 12.0 Å². The lowest BCUT2D eigenvalue weighted by Gasteiger charge is -2.20. The van der Waals surface area contributed by atoms with Gasteiger partial charge in [0.15, 0.2) is 6.10 Å². The summed E-state index contributed by atoms with van der Waals surface area (Å²) in [5.74, 6) is -0.860. The van der Waals surface area contributed by atoms with Crippen LogP contribution in [0, 0.1) is 0 Å². The molecule has 2 heterocycles. The van der Waals surface area contributed by atoms with Gasteiger partial charge in [0.1, 0.15) is 0 Å². The van der Waals surface area contributed by atoms with Crippen LogP contribution in [-0.2, 0) is 14.9 Å². The number of hydrogen-bond acceptors (Lipinski definition) is 3. The first kappa shape index (κ1) is 9.66. The average Bonchev–Trinajstić information content (AvgIpc) is 2.87. The lowest BCUT2D eigenvalue weighted by molar-refractivity contribution is -0.147. The van der Waals surface area contributed by atoms with Crippen LogP contribution in [0.4, 0.5) is 5.69 Å². The largest absolute Gasteiger partial charge is 0.479 e. The van der Waals surface area contributed by atoms with Gasteiger partial charge in [0.2, 0.25) is 0 Å². The molecular weight excluding hydrogens is 206 g/mol. The molecular formula is C12H13NO3. The molecule has 2 unspecified atom stereocenters. The summed E-state index contributed by atoms with van der Waals surface area (Å²) < 4.78 is 5.37. The summed E-state index contributed by atoms with van der Waals surface area (Å²) in [7, 11) is 0. The lowest BCUT2D eigenvalue weighted by atomic mass is 9.80. The fraction of sp³-hybridized carbons (Fsp3) is 0.417. The van der Waals surface area contributed by atoms with Gasteiger partial charge in [-0.25, -0.2) is 4.79 Å². The zero-order valence-electron chi connectivity index (χ0n) is 8.77. The molecule has 2 aliphatic heterocycles. The second-order valence-corrected chi connectivity index (χ2v) is 4.52. The molecule has 0 radical (unpaired) electrons. The van der Waals surface area contributed by atoms with Crippen molar-refractivity contribution < 1.29 is 14.6 Å². The van der Waals surface area contributed by atoms with Crippen LogP contribution in [0.25, 0.3) is 0 Å². The Balaban J connectivity index is 1.95. The van der Waals surface area contributed by atoms with Crippen molar-refractivity contribution in [3.05, 3.63) is 29.8 Å². The highest BCUT2D eigenvalue weighted by molar-refractivity contribution is 5.74. The molecule has 0 aliphatic carbocycles. The van der Waals surface area contributed by atoms with Crippen LogP contribution in [0.15, 0.2) is 24.3 Å². The van der Waals surface area contributed by atoms with Crippen molar-refractivity contribution in [2.75, 3.05) is 18.5 Å². The van der Waals surface area contributed by atoms with Gasteiger partial charge in [0.25, 0.3) is 0 Å². The maximum Gasteiger partial charge on any atom is 0.332 e. The molecule has 1 aromatic carbocycles. The van der Waals surface area contributed by atoms with E-state index in [1.165, 1.54) is 5.56 Å². The van der Waals surface area contributed by atoms with Gasteiger partial charge in [-0.05, 0) is 18.1 Å². The Hall–Kier alpha value is -1.55. The Labute approximate surface area is 93.2 Å². The lowest BCUT2D eigenvalue weighted by Crippen LogP contribution is -2.30. The third kappa shape index (κ3) is 1.23. The van der Waals surface area contributed by atoms with Gasteiger partial charge in [0.05, 0.1) is 6.61 Å². The molecule has 3 rings (SSSR count). The van der Waals surface area contributed by atoms with Crippen LogP contribution >= 0.6 is 0 Å². The monoisotopic (exact) mass is 219 g/mol. The minimum absolute atomic E-state index is 0.139. The topological polar surface area (TPSA) is 58.6 Å². The van der Waals surface area contributed by atoms with Crippen molar-refractivity contribution in [3.63, 3.8) is 0 Å². The first-order chi connectivity index (χ1) is 7.71. The average molecular weight is 219 g/mol. The Morgan fingerprint density at radius 3 is 3.06 bits per heavy atom. The van der Waals surface area contributed by atoms with Crippen LogP contribution in [-0.4, -0.2) is 30.3 Å². The summed E-state index contributed by atoms with van der Waals surface area (Å²) in [5.41, 5.74) is 2.16. The standard InChI is InChI=1S/C12H13NO3/c14-11(15)10-5-12(7-16-10)6-13-9-4-2-1-3-8(9)12/h1-4,10,13H,5-7H2,(H,14,15). The van der Waals surface area contributed by atoms with Crippen molar-refractivity contribution in [3.8, 4) is 0 Å². The van der Waals surface area contributed by atoms with E-state index in [4.69, 9.17) is 9.84 Å². The first-order valence-corrected chi connectivity index (χ1v) is 5.39. The summed E-state index contributed by atoms with van der Waals surface area (Å²) in [6.45, 7) is 1.27. The Morgan fingerprint density at radius 2 is 2.31 bits per heavy atom. The minimum Gasteiger partial charge on any atom is -0.479 e. The molecule has 2 aliphatic rings. The van der Waals surface area contributed by atoms with E-state index in [0.717, 1.165) is 12.2 Å². The zero-order valence-corrected chi connectivity index (χ0v) is 8.77. The van der Waals surface area contributed by atoms with Gasteiger partial charge in [-0.1, -0.05) is 18.2 Å². The van der Waals surface area contributed by atoms with Crippen molar-refractivity contribution >= 4 is 11.7 Å². The van der Waals surface area contributed by atoms with E-state index in [0.29, 0.717) is 13.0 Å². The van der Waals surface area contributed by atoms with E-state index in [1.807, 2.05) is 18.2 Å². The molecule has 0 amide bonds. The van der Waals surface area contributed by atoms with Gasteiger partial charge in [-0.2, -0.15) is 0 Å². The van der Waals surface area contributed by atoms with Crippen molar-refractivity contribution in [2.45, 2.75) is 17.9 Å². The van der Waals surface area contributed by atoms with Gasteiger partial charge >= 0.3 is 5.97 Å². The van der Waals surface area contributed by atoms with Crippen LogP contribution < -0.4 is 5.32 Å². The number of carboxylic acid groups (broad SMARTS) is 1. The number of anilines is 1. The van der Waals surface area contributed by atoms with Crippen molar-refractivity contribution in [1.82, 2.24) is 0 Å². The number of carboxylic acids is 1. The van der Waals surface area contributed by atoms with Crippen molar-refractivity contribution in [1.29, 1.82) is 0 Å². The van der Waals surface area contributed by atoms with Gasteiger partial charge < -0.3 is 15.2 Å². The highest BCUT2D eigenvalue weighted by atomic mass is 16.5. The number of aliphatic carboxylic acids is 1. The predicted molar refractivity (Wildman–Crippen MR) is 58.6 cm³/mol. The number of hydrogen-bond donors (Lipinski definition) is 2. The summed E-state index contributed by atoms with van der Waals surface area (Å²) >= 11 is 0. The number of para-hydroxylation sites is 1. The predicted octanol–water partition coefficient (Wildman–Crippen LogP) is 1.22. The zero-order chi connectivity index (χ0) is 11.2. The molecule has 1 spiro atoms. The van der Waals surface area contributed by atoms with Crippen LogP contribution in [0.3, 0.4) is 0 Å². The molecule has 1 saturated heterocycles. The molecule has 16 heavy (non-hydrogen) atoms. The Bertz CT molecular complexity index is 446. The smallest absolute Gasteiger partial charge is 0.332 e. The van der Waals surface area contributed by atoms with Crippen molar-refractivity contribution in [2.24, 2.45) is 0 Å². The number of ether oxygens (including phenoxy) is 1. The highest BCUT2D eigenvalue weighted by Crippen LogP contribution is 2.44. The third-order valence-electron chi connectivity index (χ3n) is 3.53. The molecule has 0 bridgehead atoms.